The molecule has 0 aliphatic heterocycles. The van der Waals surface area contributed by atoms with Gasteiger partial charge in [0.05, 0.1) is 0 Å². The molecular formula is C37H38Cl2Zr. The van der Waals surface area contributed by atoms with Gasteiger partial charge in [0, 0.05) is 0 Å². The molecule has 2 unspecified atom stereocenters. The fourth-order valence-corrected chi connectivity index (χ4v) is 5.15. The second-order valence-electron chi connectivity index (χ2n) is 9.54. The van der Waals surface area contributed by atoms with E-state index in [0.717, 1.165) is 0 Å². The van der Waals surface area contributed by atoms with Crippen molar-refractivity contribution in [2.45, 2.75) is 26.7 Å². The molecule has 0 saturated carbocycles. The van der Waals surface area contributed by atoms with Gasteiger partial charge in [0.15, 0.2) is 0 Å². The van der Waals surface area contributed by atoms with Crippen LogP contribution >= 0.6 is 24.8 Å². The number of rotatable bonds is 4. The number of halogens is 2. The number of allylic oxidation sites excluding steroid dienone is 16. The number of fused-ring (bicyclic) bond motifs is 2. The Kier molecular flexibility index (Phi) is 14.5. The maximum absolute atomic E-state index is 3.34. The third-order valence-corrected chi connectivity index (χ3v) is 7.16. The van der Waals surface area contributed by atoms with Crippen LogP contribution in [0.4, 0.5) is 0 Å². The standard InChI is InChI=1S/2C18H17.CH2.2ClH.Zr/c2*1-2-14-12-16-10-6-7-11-17(18(16)13-14)15-8-4-3-5-9-15;;;;/h2*3-14H,2H2,1H3;1H2;2*1H;/q2*-1;;;;+2. The van der Waals surface area contributed by atoms with Crippen molar-refractivity contribution in [3.05, 3.63) is 168 Å². The summed E-state index contributed by atoms with van der Waals surface area (Å²) in [6.45, 7) is 4.48. The van der Waals surface area contributed by atoms with Crippen molar-refractivity contribution in [1.29, 1.82) is 0 Å². The van der Waals surface area contributed by atoms with Gasteiger partial charge in [-0.25, -0.2) is 0 Å². The topological polar surface area (TPSA) is 0 Å². The van der Waals surface area contributed by atoms with E-state index in [0.29, 0.717) is 11.8 Å². The van der Waals surface area contributed by atoms with Crippen molar-refractivity contribution in [2.24, 2.45) is 11.8 Å². The van der Waals surface area contributed by atoms with Crippen LogP contribution in [0.5, 0.6) is 0 Å². The Labute approximate surface area is 268 Å². The summed E-state index contributed by atoms with van der Waals surface area (Å²) >= 11 is 1.30. The summed E-state index contributed by atoms with van der Waals surface area (Å²) in [5.41, 5.74) is 10.8. The summed E-state index contributed by atoms with van der Waals surface area (Å²) in [6, 6.07) is 21.3. The van der Waals surface area contributed by atoms with Gasteiger partial charge in [-0.2, -0.15) is 36.1 Å². The van der Waals surface area contributed by atoms with Gasteiger partial charge in [0.1, 0.15) is 0 Å². The zero-order chi connectivity index (χ0) is 26.7. The second-order valence-corrected chi connectivity index (χ2v) is 9.54. The van der Waals surface area contributed by atoms with Crippen molar-refractivity contribution in [3.8, 4) is 0 Å². The monoisotopic (exact) mass is 642 g/mol. The van der Waals surface area contributed by atoms with Crippen LogP contribution < -0.4 is 0 Å². The Morgan fingerprint density at radius 1 is 0.550 bits per heavy atom. The van der Waals surface area contributed by atoms with Crippen LogP contribution in [0.25, 0.3) is 11.1 Å². The summed E-state index contributed by atoms with van der Waals surface area (Å²) in [7, 11) is 0. The minimum atomic E-state index is 0. The molecule has 204 valence electrons. The molecule has 2 aromatic rings. The Morgan fingerprint density at radius 2 is 0.900 bits per heavy atom. The molecule has 0 N–H and O–H groups in total. The first kappa shape index (κ1) is 33.6. The van der Waals surface area contributed by atoms with Crippen LogP contribution in [0.1, 0.15) is 37.8 Å². The first-order chi connectivity index (χ1) is 18.8. The predicted octanol–water partition coefficient (Wildman–Crippen LogP) is 10.3. The fraction of sp³-hybridized carbons (Fsp3) is 0.162. The van der Waals surface area contributed by atoms with E-state index in [-0.39, 0.29) is 24.8 Å². The minimum absolute atomic E-state index is 0. The van der Waals surface area contributed by atoms with E-state index in [2.05, 4.69) is 152 Å². The molecule has 0 aromatic heterocycles. The molecule has 4 aliphatic carbocycles. The molecule has 0 saturated heterocycles. The Bertz CT molecular complexity index is 1250. The maximum atomic E-state index is 3.34. The fourth-order valence-electron chi connectivity index (χ4n) is 5.15. The molecule has 4 aliphatic rings. The van der Waals surface area contributed by atoms with Crippen molar-refractivity contribution < 1.29 is 24.2 Å². The molecule has 3 heteroatoms. The van der Waals surface area contributed by atoms with Crippen molar-refractivity contribution >= 4 is 40.2 Å². The Balaban J connectivity index is 0.000000252. The van der Waals surface area contributed by atoms with Gasteiger partial charge >= 0.3 is 28.4 Å². The number of benzene rings is 2. The predicted molar refractivity (Wildman–Crippen MR) is 177 cm³/mol. The van der Waals surface area contributed by atoms with E-state index in [1.807, 2.05) is 0 Å². The zero-order valence-electron chi connectivity index (χ0n) is 23.3. The van der Waals surface area contributed by atoms with Crippen LogP contribution in [-0.2, 0) is 24.2 Å². The zero-order valence-corrected chi connectivity index (χ0v) is 27.4. The summed E-state index contributed by atoms with van der Waals surface area (Å²) in [4.78, 5) is 0. The van der Waals surface area contributed by atoms with Crippen LogP contribution in [0.3, 0.4) is 0 Å². The molecule has 0 fully saturated rings. The third-order valence-electron chi connectivity index (χ3n) is 7.16. The van der Waals surface area contributed by atoms with Crippen molar-refractivity contribution in [2.75, 3.05) is 0 Å². The molecule has 0 bridgehead atoms. The van der Waals surface area contributed by atoms with Crippen molar-refractivity contribution in [3.63, 3.8) is 0 Å². The quantitative estimate of drug-likeness (QED) is 0.291. The molecule has 6 rings (SSSR count). The van der Waals surface area contributed by atoms with Crippen LogP contribution in [0.15, 0.2) is 144 Å². The number of hydrogen-bond donors (Lipinski definition) is 0. The average Bonchev–Trinajstić information content (AvgIpc) is 3.47. The van der Waals surface area contributed by atoms with E-state index in [1.54, 1.807) is 0 Å². The second kappa shape index (κ2) is 17.3. The van der Waals surface area contributed by atoms with Gasteiger partial charge in [-0.05, 0) is 11.1 Å². The van der Waals surface area contributed by atoms with Gasteiger partial charge in [-0.3, -0.25) is 0 Å². The van der Waals surface area contributed by atoms with E-state index in [4.69, 9.17) is 0 Å². The van der Waals surface area contributed by atoms with Crippen LogP contribution in [-0.4, -0.2) is 4.21 Å². The molecule has 2 atom stereocenters. The Hall–Kier alpha value is -2.57. The summed E-state index contributed by atoms with van der Waals surface area (Å²) in [6.07, 6.45) is 29.3. The van der Waals surface area contributed by atoms with Gasteiger partial charge < -0.3 is 0 Å². The Morgan fingerprint density at radius 3 is 1.25 bits per heavy atom. The van der Waals surface area contributed by atoms with Gasteiger partial charge in [0.25, 0.3) is 0 Å². The van der Waals surface area contributed by atoms with E-state index >= 15 is 0 Å². The molecule has 2 aromatic carbocycles. The van der Waals surface area contributed by atoms with Crippen LogP contribution in [0.2, 0.25) is 0 Å². The third kappa shape index (κ3) is 8.23. The first-order valence-electron chi connectivity index (χ1n) is 13.5. The van der Waals surface area contributed by atoms with E-state index in [9.17, 15) is 0 Å². The molecule has 0 spiro atoms. The van der Waals surface area contributed by atoms with E-state index in [1.165, 1.54) is 81.6 Å². The van der Waals surface area contributed by atoms with Crippen LogP contribution in [0, 0.1) is 24.7 Å². The van der Waals surface area contributed by atoms with Gasteiger partial charge in [-0.1, -0.05) is 135 Å². The molecule has 0 heterocycles. The first-order valence-corrected chi connectivity index (χ1v) is 15.3. The summed E-state index contributed by atoms with van der Waals surface area (Å²) in [5.74, 6) is 1.18. The normalized spacial score (nSPS) is 19.4. The SMILES string of the molecule is CCC1C=C2C(=CC=CC=C2c2ccccc2)[CH-]1.CCC1C=C2C(=CC=CC=C2c2ccccc2)[CH-]1.Cl.Cl.[CH2]=[Zr+2]. The molecule has 0 amide bonds. The molecule has 0 radical (unpaired) electrons. The molecular weight excluding hydrogens is 607 g/mol. The summed E-state index contributed by atoms with van der Waals surface area (Å²) < 4.78 is 3.34. The van der Waals surface area contributed by atoms with Crippen molar-refractivity contribution in [1.82, 2.24) is 0 Å². The average molecular weight is 645 g/mol. The number of hydrogen-bond acceptors (Lipinski definition) is 0. The van der Waals surface area contributed by atoms with Gasteiger partial charge in [-0.15, -0.1) is 60.3 Å². The molecule has 40 heavy (non-hydrogen) atoms. The summed E-state index contributed by atoms with van der Waals surface area (Å²) in [5, 5.41) is 0. The molecule has 0 nitrogen and oxygen atoms in total. The van der Waals surface area contributed by atoms with E-state index < -0.39 is 0 Å². The van der Waals surface area contributed by atoms with Gasteiger partial charge in [0.2, 0.25) is 0 Å².